The van der Waals surface area contributed by atoms with E-state index in [1.54, 1.807) is 11.8 Å². The molecule has 8 rings (SSSR count). The fraction of sp³-hybridized carbons (Fsp3) is 0.347. The minimum atomic E-state index is -4.28. The van der Waals surface area contributed by atoms with Crippen LogP contribution >= 0.6 is 11.8 Å². The number of ether oxygens (including phenoxy) is 1. The molecule has 0 spiro atoms. The largest absolute Gasteiger partial charge is 0.374 e. The number of anilines is 3. The predicted molar refractivity (Wildman–Crippen MR) is 254 cm³/mol. The number of hydrogen-bond acceptors (Lipinski definition) is 11. The minimum absolute atomic E-state index is 0.0901. The van der Waals surface area contributed by atoms with Crippen LogP contribution in [0.4, 0.5) is 22.9 Å². The van der Waals surface area contributed by atoms with Crippen molar-refractivity contribution in [1.29, 1.82) is 0 Å². The van der Waals surface area contributed by atoms with Crippen LogP contribution in [0.1, 0.15) is 51.5 Å². The average Bonchev–Trinajstić information content (AvgIpc) is 3.29. The summed E-state index contributed by atoms with van der Waals surface area (Å²) < 4.78 is 37.2. The predicted octanol–water partition coefficient (Wildman–Crippen LogP) is 10.1. The van der Waals surface area contributed by atoms with Crippen LogP contribution in [0.5, 0.6) is 0 Å². The molecule has 0 saturated carbocycles. The first-order valence-electron chi connectivity index (χ1n) is 21.7. The van der Waals surface area contributed by atoms with Crippen molar-refractivity contribution in [3.05, 3.63) is 143 Å². The molecular weight excluding hydrogens is 831 g/mol. The number of nitro groups is 1. The number of piperidine rings is 2. The molecule has 2 aliphatic heterocycles. The number of benzene rings is 5. The Hall–Kier alpha value is -5.54. The van der Waals surface area contributed by atoms with Gasteiger partial charge in [-0.2, -0.15) is 0 Å². The Morgan fingerprint density at radius 1 is 0.841 bits per heavy atom. The molecule has 63 heavy (non-hydrogen) atoms. The van der Waals surface area contributed by atoms with Crippen molar-refractivity contribution in [2.24, 2.45) is 0 Å². The van der Waals surface area contributed by atoms with E-state index < -0.39 is 20.5 Å². The van der Waals surface area contributed by atoms with Gasteiger partial charge in [0.05, 0.1) is 27.5 Å². The van der Waals surface area contributed by atoms with Gasteiger partial charge in [-0.05, 0) is 112 Å². The van der Waals surface area contributed by atoms with Crippen LogP contribution in [-0.2, 0) is 21.2 Å². The molecule has 2 aliphatic rings. The van der Waals surface area contributed by atoms with E-state index in [0.29, 0.717) is 23.3 Å². The van der Waals surface area contributed by atoms with Crippen molar-refractivity contribution < 1.29 is 18.1 Å². The molecule has 0 amide bonds. The third-order valence-electron chi connectivity index (χ3n) is 12.1. The molecule has 2 fully saturated rings. The van der Waals surface area contributed by atoms with Gasteiger partial charge in [0.1, 0.15) is 12.0 Å². The van der Waals surface area contributed by atoms with Gasteiger partial charge in [-0.25, -0.2) is 18.4 Å². The van der Waals surface area contributed by atoms with E-state index in [1.807, 2.05) is 68.4 Å². The van der Waals surface area contributed by atoms with E-state index in [0.717, 1.165) is 68.6 Å². The van der Waals surface area contributed by atoms with E-state index in [4.69, 9.17) is 4.74 Å². The van der Waals surface area contributed by atoms with Crippen LogP contribution < -0.4 is 14.9 Å². The van der Waals surface area contributed by atoms with Gasteiger partial charge < -0.3 is 19.9 Å². The molecule has 3 heterocycles. The summed E-state index contributed by atoms with van der Waals surface area (Å²) in [5.74, 6) is 0.710. The highest BCUT2D eigenvalue weighted by Gasteiger charge is 2.37. The van der Waals surface area contributed by atoms with E-state index in [-0.39, 0.29) is 27.7 Å². The maximum atomic E-state index is 13.8. The van der Waals surface area contributed by atoms with Gasteiger partial charge in [0.25, 0.3) is 15.7 Å². The lowest BCUT2D eigenvalue weighted by molar-refractivity contribution is -0.384. The topological polar surface area (TPSA) is 143 Å². The number of sulfonamides is 1. The SMILES string of the molecule is CC(C)(CSc1ccccc1)Nc1ccc(S(=O)(=O)Nc2ncnc3cc(N4CCC(Cc5ccccc5-c5ccccc5)(OCCN5CCCCC5)CC4)ccc23)cc1[N+](=O)[O-]. The lowest BCUT2D eigenvalue weighted by Crippen LogP contribution is -2.48. The fourth-order valence-electron chi connectivity index (χ4n) is 8.67. The fourth-order valence-corrected chi connectivity index (χ4v) is 10.7. The smallest absolute Gasteiger partial charge is 0.293 e. The second-order valence-electron chi connectivity index (χ2n) is 17.2. The molecule has 0 bridgehead atoms. The Morgan fingerprint density at radius 3 is 2.30 bits per heavy atom. The third-order valence-corrected chi connectivity index (χ3v) is 14.9. The summed E-state index contributed by atoms with van der Waals surface area (Å²) in [5, 5.41) is 16.0. The molecule has 0 radical (unpaired) electrons. The Labute approximate surface area is 374 Å². The number of nitrogens with zero attached hydrogens (tertiary/aromatic N) is 5. The number of aromatic nitrogens is 2. The first-order valence-corrected chi connectivity index (χ1v) is 24.2. The zero-order chi connectivity index (χ0) is 43.9. The van der Waals surface area contributed by atoms with Crippen molar-refractivity contribution >= 4 is 55.6 Å². The molecule has 14 heteroatoms. The third kappa shape index (κ3) is 11.0. The quantitative estimate of drug-likeness (QED) is 0.0513. The first-order chi connectivity index (χ1) is 30.5. The highest BCUT2D eigenvalue weighted by atomic mass is 32.2. The molecule has 0 atom stereocenters. The summed E-state index contributed by atoms with van der Waals surface area (Å²) in [7, 11) is -4.28. The normalized spacial score (nSPS) is 15.9. The molecule has 328 valence electrons. The Bertz CT molecular complexity index is 2620. The summed E-state index contributed by atoms with van der Waals surface area (Å²) in [4.78, 5) is 26.2. The zero-order valence-corrected chi connectivity index (χ0v) is 37.5. The molecule has 12 nitrogen and oxygen atoms in total. The van der Waals surface area contributed by atoms with Crippen molar-refractivity contribution in [2.45, 2.75) is 73.3 Å². The Kier molecular flexibility index (Phi) is 13.6. The summed E-state index contributed by atoms with van der Waals surface area (Å²) in [5.41, 5.74) is 4.29. The summed E-state index contributed by atoms with van der Waals surface area (Å²) in [6, 6.07) is 38.8. The monoisotopic (exact) mass is 885 g/mol. The molecule has 0 unspecified atom stereocenters. The van der Waals surface area contributed by atoms with Gasteiger partial charge in [0, 0.05) is 59.4 Å². The number of nitro benzene ring substituents is 1. The summed E-state index contributed by atoms with van der Waals surface area (Å²) in [6.45, 7) is 9.36. The number of likely N-dealkylation sites (tertiary alicyclic amines) is 1. The van der Waals surface area contributed by atoms with Gasteiger partial charge in [-0.3, -0.25) is 14.8 Å². The van der Waals surface area contributed by atoms with Crippen molar-refractivity contribution in [3.8, 4) is 11.1 Å². The zero-order valence-electron chi connectivity index (χ0n) is 35.9. The standard InChI is InChI=1S/C49H55N7O5S2/c1-48(2,35-62-40-17-8-4-9-18-40)52-44-23-21-41(33-46(44)56(57)58)63(59,60)53-47-43-22-20-39(32-45(43)50-36-51-47)55-28-24-49(25-29-55,61-31-30-54-26-12-5-13-27-54)34-38-16-10-11-19-42(38)37-14-6-3-7-15-37/h3-4,6-11,14-23,32-33,36,52H,5,12-13,24-31,34-35H2,1-2H3,(H,50,51,53). The van der Waals surface area contributed by atoms with Crippen molar-refractivity contribution in [1.82, 2.24) is 14.9 Å². The molecule has 2 saturated heterocycles. The molecule has 2 N–H and O–H groups in total. The van der Waals surface area contributed by atoms with Crippen LogP contribution in [-0.4, -0.2) is 84.4 Å². The van der Waals surface area contributed by atoms with Gasteiger partial charge in [-0.15, -0.1) is 11.8 Å². The number of fused-ring (bicyclic) bond motifs is 1. The number of hydrogen-bond donors (Lipinski definition) is 2. The minimum Gasteiger partial charge on any atom is -0.374 e. The Balaban J connectivity index is 0.969. The lowest BCUT2D eigenvalue weighted by Gasteiger charge is -2.43. The number of nitrogens with one attached hydrogen (secondary N) is 2. The van der Waals surface area contributed by atoms with Crippen LogP contribution in [0, 0.1) is 10.1 Å². The summed E-state index contributed by atoms with van der Waals surface area (Å²) >= 11 is 1.63. The van der Waals surface area contributed by atoms with Crippen molar-refractivity contribution in [2.75, 3.05) is 60.0 Å². The van der Waals surface area contributed by atoms with Crippen LogP contribution in [0.2, 0.25) is 0 Å². The maximum Gasteiger partial charge on any atom is 0.293 e. The molecule has 1 aromatic heterocycles. The van der Waals surface area contributed by atoms with Crippen LogP contribution in [0.25, 0.3) is 22.0 Å². The number of rotatable bonds is 17. The molecule has 5 aromatic carbocycles. The van der Waals surface area contributed by atoms with Crippen LogP contribution in [0.15, 0.2) is 137 Å². The molecule has 6 aromatic rings. The highest BCUT2D eigenvalue weighted by molar-refractivity contribution is 7.99. The van der Waals surface area contributed by atoms with Gasteiger partial charge in [0.15, 0.2) is 5.82 Å². The maximum absolute atomic E-state index is 13.8. The second-order valence-corrected chi connectivity index (χ2v) is 19.9. The first kappa shape index (κ1) is 44.1. The summed E-state index contributed by atoms with van der Waals surface area (Å²) in [6.07, 6.45) is 7.63. The van der Waals surface area contributed by atoms with E-state index >= 15 is 0 Å². The highest BCUT2D eigenvalue weighted by Crippen LogP contribution is 2.38. The molecular formula is C49H55N7O5S2. The van der Waals surface area contributed by atoms with Gasteiger partial charge >= 0.3 is 0 Å². The van der Waals surface area contributed by atoms with E-state index in [1.165, 1.54) is 54.4 Å². The van der Waals surface area contributed by atoms with Crippen molar-refractivity contribution in [3.63, 3.8) is 0 Å². The Morgan fingerprint density at radius 2 is 1.56 bits per heavy atom. The second kappa shape index (κ2) is 19.5. The molecule has 0 aliphatic carbocycles. The van der Waals surface area contributed by atoms with E-state index in [2.05, 4.69) is 78.3 Å². The van der Waals surface area contributed by atoms with E-state index in [9.17, 15) is 18.5 Å². The van der Waals surface area contributed by atoms with Gasteiger partial charge in [-0.1, -0.05) is 79.2 Å². The lowest BCUT2D eigenvalue weighted by atomic mass is 9.82. The number of thioether (sulfide) groups is 1. The average molecular weight is 886 g/mol. The van der Waals surface area contributed by atoms with Gasteiger partial charge in [0.2, 0.25) is 0 Å². The van der Waals surface area contributed by atoms with Crippen LogP contribution in [0.3, 0.4) is 0 Å².